The first kappa shape index (κ1) is 13.3. The molecule has 0 fully saturated rings. The number of pyridine rings is 1. The number of nitrogens with one attached hydrogen (secondary N) is 1. The van der Waals surface area contributed by atoms with Gasteiger partial charge in [0.05, 0.1) is 5.02 Å². The van der Waals surface area contributed by atoms with Gasteiger partial charge in [0.1, 0.15) is 0 Å². The van der Waals surface area contributed by atoms with Crippen molar-refractivity contribution < 1.29 is 4.39 Å². The molecule has 5 heteroatoms. The molecule has 0 unspecified atom stereocenters. The predicted molar refractivity (Wildman–Crippen MR) is 84.1 cm³/mol. The Morgan fingerprint density at radius 2 is 1.80 bits per heavy atom. The van der Waals surface area contributed by atoms with Crippen LogP contribution in [0.15, 0.2) is 53.1 Å². The van der Waals surface area contributed by atoms with Crippen LogP contribution in [-0.4, -0.2) is 4.98 Å². The molecule has 0 spiro atoms. The van der Waals surface area contributed by atoms with Gasteiger partial charge < -0.3 is 5.32 Å². The lowest BCUT2D eigenvalue weighted by Gasteiger charge is -2.08. The zero-order valence-corrected chi connectivity index (χ0v) is 12.5. The quantitative estimate of drug-likeness (QED) is 0.656. The molecule has 0 aliphatic heterocycles. The fraction of sp³-hybridized carbons (Fsp3) is 0. The molecule has 0 radical (unpaired) electrons. The number of hydrogen-bond acceptors (Lipinski definition) is 2. The summed E-state index contributed by atoms with van der Waals surface area (Å²) in [5.74, 6) is -0.320. The molecule has 3 rings (SSSR count). The Labute approximate surface area is 128 Å². The minimum Gasteiger partial charge on any atom is -0.338 e. The van der Waals surface area contributed by atoms with Crippen molar-refractivity contribution in [2.24, 2.45) is 0 Å². The molecule has 0 aliphatic rings. The van der Waals surface area contributed by atoms with Gasteiger partial charge in [-0.3, -0.25) is 0 Å². The van der Waals surface area contributed by atoms with Gasteiger partial charge in [-0.25, -0.2) is 9.37 Å². The van der Waals surface area contributed by atoms with Crippen molar-refractivity contribution in [3.8, 4) is 0 Å². The number of fused-ring (bicyclic) bond motifs is 1. The Hall–Kier alpha value is -1.65. The maximum Gasteiger partial charge on any atom is 0.167 e. The van der Waals surface area contributed by atoms with Gasteiger partial charge in [0.25, 0.3) is 0 Å². The molecule has 0 aliphatic carbocycles. The minimum atomic E-state index is -0.478. The Kier molecular flexibility index (Phi) is 3.59. The molecule has 0 saturated carbocycles. The lowest BCUT2D eigenvalue weighted by atomic mass is 10.1. The van der Waals surface area contributed by atoms with Crippen LogP contribution in [0.2, 0.25) is 5.02 Å². The van der Waals surface area contributed by atoms with Crippen molar-refractivity contribution in [2.75, 3.05) is 5.32 Å². The summed E-state index contributed by atoms with van der Waals surface area (Å²) < 4.78 is 14.7. The highest BCUT2D eigenvalue weighted by Gasteiger charge is 2.05. The van der Waals surface area contributed by atoms with Crippen molar-refractivity contribution in [3.05, 3.63) is 64.0 Å². The van der Waals surface area contributed by atoms with Crippen LogP contribution in [0.25, 0.3) is 10.8 Å². The molecule has 0 atom stereocenters. The maximum absolute atomic E-state index is 13.7. The number of rotatable bonds is 2. The lowest BCUT2D eigenvalue weighted by molar-refractivity contribution is 0.626. The zero-order chi connectivity index (χ0) is 14.1. The van der Waals surface area contributed by atoms with E-state index in [9.17, 15) is 4.39 Å². The molecule has 20 heavy (non-hydrogen) atoms. The molecule has 2 aromatic carbocycles. The van der Waals surface area contributed by atoms with E-state index in [1.165, 1.54) is 12.3 Å². The highest BCUT2D eigenvalue weighted by molar-refractivity contribution is 9.10. The lowest BCUT2D eigenvalue weighted by Crippen LogP contribution is -1.96. The van der Waals surface area contributed by atoms with Crippen molar-refractivity contribution >= 4 is 49.8 Å². The molecule has 0 saturated heterocycles. The van der Waals surface area contributed by atoms with E-state index in [-0.39, 0.29) is 10.8 Å². The molecule has 2 nitrogen and oxygen atoms in total. The van der Waals surface area contributed by atoms with E-state index in [0.717, 1.165) is 20.9 Å². The second-order valence-electron chi connectivity index (χ2n) is 4.32. The molecule has 1 aromatic heterocycles. The van der Waals surface area contributed by atoms with Gasteiger partial charge >= 0.3 is 0 Å². The van der Waals surface area contributed by atoms with E-state index >= 15 is 0 Å². The molecule has 0 amide bonds. The average molecular weight is 352 g/mol. The van der Waals surface area contributed by atoms with Crippen molar-refractivity contribution in [1.29, 1.82) is 0 Å². The number of benzene rings is 2. The zero-order valence-electron chi connectivity index (χ0n) is 10.2. The monoisotopic (exact) mass is 350 g/mol. The third kappa shape index (κ3) is 2.76. The molecule has 100 valence electrons. The fourth-order valence-corrected chi connectivity index (χ4v) is 2.46. The maximum atomic E-state index is 13.7. The van der Waals surface area contributed by atoms with Gasteiger partial charge in [0, 0.05) is 16.4 Å². The molecule has 3 aromatic rings. The number of nitrogens with zero attached hydrogens (tertiary/aromatic N) is 1. The highest BCUT2D eigenvalue weighted by atomic mass is 79.9. The molecule has 1 N–H and O–H groups in total. The first-order chi connectivity index (χ1) is 9.61. The summed E-state index contributed by atoms with van der Waals surface area (Å²) in [6.07, 6.45) is 1.41. The highest BCUT2D eigenvalue weighted by Crippen LogP contribution is 2.25. The van der Waals surface area contributed by atoms with Gasteiger partial charge in [-0.1, -0.05) is 39.7 Å². The van der Waals surface area contributed by atoms with Crippen LogP contribution >= 0.6 is 27.5 Å². The van der Waals surface area contributed by atoms with Gasteiger partial charge in [-0.05, 0) is 41.1 Å². The van der Waals surface area contributed by atoms with E-state index in [1.54, 1.807) is 0 Å². The summed E-state index contributed by atoms with van der Waals surface area (Å²) in [4.78, 5) is 3.94. The van der Waals surface area contributed by atoms with Crippen LogP contribution in [0.1, 0.15) is 0 Å². The molecular formula is C15H9BrClFN2. The molecule has 1 heterocycles. The third-order valence-corrected chi connectivity index (χ3v) is 3.57. The van der Waals surface area contributed by atoms with Crippen LogP contribution in [0.3, 0.4) is 0 Å². The Morgan fingerprint density at radius 1 is 1.05 bits per heavy atom. The number of halogens is 3. The van der Waals surface area contributed by atoms with E-state index in [1.807, 2.05) is 36.4 Å². The van der Waals surface area contributed by atoms with E-state index < -0.39 is 5.82 Å². The summed E-state index contributed by atoms with van der Waals surface area (Å²) in [5, 5.41) is 5.39. The largest absolute Gasteiger partial charge is 0.338 e. The number of aromatic nitrogens is 1. The first-order valence-corrected chi connectivity index (χ1v) is 7.06. The second kappa shape index (κ2) is 5.38. The second-order valence-corrected chi connectivity index (χ2v) is 5.67. The Balaban J connectivity index is 1.96. The van der Waals surface area contributed by atoms with E-state index in [2.05, 4.69) is 26.2 Å². The van der Waals surface area contributed by atoms with Crippen LogP contribution in [0.4, 0.5) is 15.9 Å². The summed E-state index contributed by atoms with van der Waals surface area (Å²) >= 11 is 9.11. The standard InChI is InChI=1S/C15H9BrClFN2/c16-11-3-1-10-6-13(4-2-9(10)5-11)20-15-14(18)7-12(17)8-19-15/h1-8H,(H,19,20). The van der Waals surface area contributed by atoms with E-state index in [4.69, 9.17) is 11.6 Å². The Bertz CT molecular complexity index is 792. The van der Waals surface area contributed by atoms with Crippen LogP contribution in [0.5, 0.6) is 0 Å². The summed E-state index contributed by atoms with van der Waals surface area (Å²) in [5.41, 5.74) is 0.772. The number of anilines is 2. The number of hydrogen-bond donors (Lipinski definition) is 1. The molecule has 0 bridgehead atoms. The predicted octanol–water partition coefficient (Wildman–Crippen LogP) is 5.53. The van der Waals surface area contributed by atoms with Crippen molar-refractivity contribution in [3.63, 3.8) is 0 Å². The summed E-state index contributed by atoms with van der Waals surface area (Å²) in [6.45, 7) is 0. The summed E-state index contributed by atoms with van der Waals surface area (Å²) in [6, 6.07) is 13.0. The SMILES string of the molecule is Fc1cc(Cl)cnc1Nc1ccc2cc(Br)ccc2c1. The third-order valence-electron chi connectivity index (χ3n) is 2.87. The molecular weight excluding hydrogens is 343 g/mol. The van der Waals surface area contributed by atoms with E-state index in [0.29, 0.717) is 0 Å². The van der Waals surface area contributed by atoms with Gasteiger partial charge in [0.15, 0.2) is 11.6 Å². The van der Waals surface area contributed by atoms with Gasteiger partial charge in [0.2, 0.25) is 0 Å². The minimum absolute atomic E-state index is 0.158. The van der Waals surface area contributed by atoms with Crippen molar-refractivity contribution in [2.45, 2.75) is 0 Å². The Morgan fingerprint density at radius 3 is 2.60 bits per heavy atom. The fourth-order valence-electron chi connectivity index (χ4n) is 1.94. The van der Waals surface area contributed by atoms with Crippen LogP contribution in [-0.2, 0) is 0 Å². The normalized spacial score (nSPS) is 10.8. The first-order valence-electron chi connectivity index (χ1n) is 5.89. The van der Waals surface area contributed by atoms with Crippen LogP contribution < -0.4 is 5.32 Å². The smallest absolute Gasteiger partial charge is 0.167 e. The van der Waals surface area contributed by atoms with Crippen molar-refractivity contribution in [1.82, 2.24) is 4.98 Å². The topological polar surface area (TPSA) is 24.9 Å². The average Bonchev–Trinajstić information content (AvgIpc) is 2.42. The van der Waals surface area contributed by atoms with Gasteiger partial charge in [-0.15, -0.1) is 0 Å². The summed E-state index contributed by atoms with van der Waals surface area (Å²) in [7, 11) is 0. The van der Waals surface area contributed by atoms with Crippen LogP contribution in [0, 0.1) is 5.82 Å². The van der Waals surface area contributed by atoms with Gasteiger partial charge in [-0.2, -0.15) is 0 Å².